The average molecular weight is 201 g/mol. The summed E-state index contributed by atoms with van der Waals surface area (Å²) >= 11 is 0. The molecule has 1 aliphatic heterocycles. The van der Waals surface area contributed by atoms with Gasteiger partial charge in [0.1, 0.15) is 0 Å². The highest BCUT2D eigenvalue weighted by molar-refractivity contribution is 5.80. The topological polar surface area (TPSA) is 14.2 Å². The van der Waals surface area contributed by atoms with E-state index in [4.69, 9.17) is 4.74 Å². The molecule has 3 rings (SSSR count). The number of aromatic nitrogens is 1. The summed E-state index contributed by atoms with van der Waals surface area (Å²) < 4.78 is 7.80. The average Bonchev–Trinajstić information content (AvgIpc) is 2.74. The van der Waals surface area contributed by atoms with Crippen molar-refractivity contribution in [2.45, 2.75) is 18.9 Å². The Bertz CT molecular complexity index is 454. The summed E-state index contributed by atoms with van der Waals surface area (Å²) in [6, 6.07) is 11.4. The molecule has 78 valence electrons. The number of nitrogens with zero attached hydrogens (tertiary/aromatic N) is 1. The summed E-state index contributed by atoms with van der Waals surface area (Å²) in [6.07, 6.45) is 4.48. The van der Waals surface area contributed by atoms with Gasteiger partial charge < -0.3 is 9.30 Å². The normalized spacial score (nSPS) is 18.4. The standard InChI is InChI=1S/C13H15NO/c1-2-4-13-11(3-1)5-8-14(13)12-6-9-15-10-7-12/h1-5,8,12H,6-7,9-10H2. The molecule has 0 atom stereocenters. The highest BCUT2D eigenvalue weighted by Crippen LogP contribution is 2.26. The van der Waals surface area contributed by atoms with Crippen LogP contribution in [0.15, 0.2) is 36.5 Å². The van der Waals surface area contributed by atoms with E-state index in [0.29, 0.717) is 6.04 Å². The Kier molecular flexibility index (Phi) is 2.22. The maximum Gasteiger partial charge on any atom is 0.0485 e. The Labute approximate surface area is 89.5 Å². The fourth-order valence-corrected chi connectivity index (χ4v) is 2.39. The molecule has 2 nitrogen and oxygen atoms in total. The van der Waals surface area contributed by atoms with Gasteiger partial charge in [-0.15, -0.1) is 0 Å². The minimum Gasteiger partial charge on any atom is -0.381 e. The van der Waals surface area contributed by atoms with Crippen LogP contribution in [0, 0.1) is 0 Å². The zero-order valence-corrected chi connectivity index (χ0v) is 8.73. The number of ether oxygens (including phenoxy) is 1. The van der Waals surface area contributed by atoms with Crippen LogP contribution >= 0.6 is 0 Å². The van der Waals surface area contributed by atoms with Crippen LogP contribution in [0.5, 0.6) is 0 Å². The van der Waals surface area contributed by atoms with Crippen molar-refractivity contribution >= 4 is 10.9 Å². The number of fused-ring (bicyclic) bond motifs is 1. The summed E-state index contributed by atoms with van der Waals surface area (Å²) in [6.45, 7) is 1.80. The molecule has 0 aliphatic carbocycles. The predicted molar refractivity (Wildman–Crippen MR) is 61.0 cm³/mol. The van der Waals surface area contributed by atoms with E-state index in [1.54, 1.807) is 0 Å². The molecule has 1 aromatic carbocycles. The van der Waals surface area contributed by atoms with Crippen LogP contribution in [0.2, 0.25) is 0 Å². The third-order valence-electron chi connectivity index (χ3n) is 3.21. The first kappa shape index (κ1) is 8.98. The molecule has 2 aromatic rings. The first-order chi connectivity index (χ1) is 7.45. The van der Waals surface area contributed by atoms with Gasteiger partial charge in [0.2, 0.25) is 0 Å². The lowest BCUT2D eigenvalue weighted by atomic mass is 10.1. The molecular weight excluding hydrogens is 186 g/mol. The molecule has 0 spiro atoms. The van der Waals surface area contributed by atoms with Gasteiger partial charge in [0.15, 0.2) is 0 Å². The van der Waals surface area contributed by atoms with Crippen LogP contribution in [0.4, 0.5) is 0 Å². The molecular formula is C13H15NO. The lowest BCUT2D eigenvalue weighted by Gasteiger charge is -2.24. The summed E-state index contributed by atoms with van der Waals surface area (Å²) in [4.78, 5) is 0. The van der Waals surface area contributed by atoms with Gasteiger partial charge in [-0.2, -0.15) is 0 Å². The smallest absolute Gasteiger partial charge is 0.0485 e. The van der Waals surface area contributed by atoms with Crippen LogP contribution in [-0.2, 0) is 4.74 Å². The van der Waals surface area contributed by atoms with Gasteiger partial charge in [-0.3, -0.25) is 0 Å². The summed E-state index contributed by atoms with van der Waals surface area (Å²) in [5, 5.41) is 1.34. The maximum absolute atomic E-state index is 5.40. The summed E-state index contributed by atoms with van der Waals surface area (Å²) in [7, 11) is 0. The summed E-state index contributed by atoms with van der Waals surface area (Å²) in [5.41, 5.74) is 1.35. The summed E-state index contributed by atoms with van der Waals surface area (Å²) in [5.74, 6) is 0. The van der Waals surface area contributed by atoms with E-state index in [0.717, 1.165) is 26.1 Å². The SMILES string of the molecule is c1ccc2c(c1)ccn2C1CCOCC1. The van der Waals surface area contributed by atoms with Gasteiger partial charge in [-0.1, -0.05) is 18.2 Å². The molecule has 1 fully saturated rings. The quantitative estimate of drug-likeness (QED) is 0.691. The molecule has 0 radical (unpaired) electrons. The highest BCUT2D eigenvalue weighted by Gasteiger charge is 2.16. The lowest BCUT2D eigenvalue weighted by molar-refractivity contribution is 0.0707. The van der Waals surface area contributed by atoms with E-state index < -0.39 is 0 Å². The van der Waals surface area contributed by atoms with E-state index in [2.05, 4.69) is 41.1 Å². The van der Waals surface area contributed by atoms with Crippen molar-refractivity contribution in [2.75, 3.05) is 13.2 Å². The number of hydrogen-bond donors (Lipinski definition) is 0. The van der Waals surface area contributed by atoms with Gasteiger partial charge in [-0.05, 0) is 30.4 Å². The van der Waals surface area contributed by atoms with Crippen LogP contribution < -0.4 is 0 Å². The van der Waals surface area contributed by atoms with Crippen LogP contribution in [0.25, 0.3) is 10.9 Å². The molecule has 0 amide bonds. The first-order valence-electron chi connectivity index (χ1n) is 5.58. The van der Waals surface area contributed by atoms with Crippen LogP contribution in [-0.4, -0.2) is 17.8 Å². The first-order valence-corrected chi connectivity index (χ1v) is 5.58. The van der Waals surface area contributed by atoms with E-state index in [-0.39, 0.29) is 0 Å². The van der Waals surface area contributed by atoms with Crippen LogP contribution in [0.1, 0.15) is 18.9 Å². The van der Waals surface area contributed by atoms with Crippen molar-refractivity contribution in [1.29, 1.82) is 0 Å². The Hall–Kier alpha value is -1.28. The third-order valence-corrected chi connectivity index (χ3v) is 3.21. The molecule has 15 heavy (non-hydrogen) atoms. The monoisotopic (exact) mass is 201 g/mol. The van der Waals surface area contributed by atoms with E-state index >= 15 is 0 Å². The van der Waals surface area contributed by atoms with Crippen molar-refractivity contribution in [1.82, 2.24) is 4.57 Å². The molecule has 0 unspecified atom stereocenters. The number of para-hydroxylation sites is 1. The van der Waals surface area contributed by atoms with Gasteiger partial charge in [0, 0.05) is 31.0 Å². The van der Waals surface area contributed by atoms with Crippen LogP contribution in [0.3, 0.4) is 0 Å². The molecule has 1 saturated heterocycles. The van der Waals surface area contributed by atoms with E-state index in [1.807, 2.05) is 0 Å². The second kappa shape index (κ2) is 3.70. The largest absolute Gasteiger partial charge is 0.381 e. The Morgan fingerprint density at radius 1 is 1.07 bits per heavy atom. The van der Waals surface area contributed by atoms with Crippen molar-refractivity contribution in [2.24, 2.45) is 0 Å². The Morgan fingerprint density at radius 2 is 1.87 bits per heavy atom. The molecule has 1 aromatic heterocycles. The molecule has 0 N–H and O–H groups in total. The Balaban J connectivity index is 2.02. The molecule has 1 aliphatic rings. The molecule has 0 saturated carbocycles. The molecule has 2 heteroatoms. The van der Waals surface area contributed by atoms with Gasteiger partial charge >= 0.3 is 0 Å². The minimum absolute atomic E-state index is 0.624. The van der Waals surface area contributed by atoms with Gasteiger partial charge in [0.25, 0.3) is 0 Å². The highest BCUT2D eigenvalue weighted by atomic mass is 16.5. The van der Waals surface area contributed by atoms with E-state index in [1.165, 1.54) is 10.9 Å². The lowest BCUT2D eigenvalue weighted by Crippen LogP contribution is -2.18. The fraction of sp³-hybridized carbons (Fsp3) is 0.385. The molecule has 2 heterocycles. The zero-order valence-electron chi connectivity index (χ0n) is 8.73. The number of benzene rings is 1. The maximum atomic E-state index is 5.40. The van der Waals surface area contributed by atoms with E-state index in [9.17, 15) is 0 Å². The number of hydrogen-bond acceptors (Lipinski definition) is 1. The second-order valence-electron chi connectivity index (χ2n) is 4.13. The third kappa shape index (κ3) is 1.55. The van der Waals surface area contributed by atoms with Crippen molar-refractivity contribution in [3.8, 4) is 0 Å². The second-order valence-corrected chi connectivity index (χ2v) is 4.13. The van der Waals surface area contributed by atoms with Gasteiger partial charge in [0.05, 0.1) is 0 Å². The van der Waals surface area contributed by atoms with Crippen molar-refractivity contribution in [3.05, 3.63) is 36.5 Å². The molecule has 0 bridgehead atoms. The van der Waals surface area contributed by atoms with Gasteiger partial charge in [-0.25, -0.2) is 0 Å². The number of rotatable bonds is 1. The Morgan fingerprint density at radius 3 is 2.73 bits per heavy atom. The fourth-order valence-electron chi connectivity index (χ4n) is 2.39. The van der Waals surface area contributed by atoms with Crippen molar-refractivity contribution in [3.63, 3.8) is 0 Å². The predicted octanol–water partition coefficient (Wildman–Crippen LogP) is 2.99. The zero-order chi connectivity index (χ0) is 10.1. The minimum atomic E-state index is 0.624. The van der Waals surface area contributed by atoms with Crippen molar-refractivity contribution < 1.29 is 4.74 Å².